The number of hydrogen-bond donors (Lipinski definition) is 0. The van der Waals surface area contributed by atoms with Gasteiger partial charge in [-0.15, -0.1) is 0 Å². The van der Waals surface area contributed by atoms with Gasteiger partial charge < -0.3 is 14.2 Å². The molecule has 5 heteroatoms. The normalized spacial score (nSPS) is 21.3. The molecule has 2 bridgehead atoms. The van der Waals surface area contributed by atoms with Crippen LogP contribution in [-0.2, 0) is 4.74 Å². The Morgan fingerprint density at radius 3 is 1.78 bits per heavy atom. The fourth-order valence-corrected chi connectivity index (χ4v) is 3.25. The van der Waals surface area contributed by atoms with E-state index >= 15 is 0 Å². The summed E-state index contributed by atoms with van der Waals surface area (Å²) in [7, 11) is 4.26. The number of ether oxygens (including phenoxy) is 3. The Morgan fingerprint density at radius 1 is 0.852 bits per heavy atom. The highest BCUT2D eigenvalue weighted by atomic mass is 16.5. The topological polar surface area (TPSA) is 34.2 Å². The lowest BCUT2D eigenvalue weighted by molar-refractivity contribution is -0.0156. The van der Waals surface area contributed by atoms with E-state index in [2.05, 4.69) is 37.7 Å². The number of benzene rings is 1. The Kier molecular flexibility index (Phi) is 9.95. The second kappa shape index (κ2) is 12.2. The molecule has 0 aromatic heterocycles. The van der Waals surface area contributed by atoms with Crippen molar-refractivity contribution in [2.75, 3.05) is 40.4 Å². The van der Waals surface area contributed by atoms with Gasteiger partial charge in [0.15, 0.2) is 12.5 Å². The van der Waals surface area contributed by atoms with Crippen LogP contribution in [0.15, 0.2) is 24.3 Å². The smallest absolute Gasteiger partial charge is 0.154 e. The van der Waals surface area contributed by atoms with Gasteiger partial charge in [0.2, 0.25) is 0 Å². The molecule has 154 valence electrons. The minimum atomic E-state index is 0.0225. The molecule has 1 aliphatic rings. The Morgan fingerprint density at radius 2 is 1.33 bits per heavy atom. The average Bonchev–Trinajstić information content (AvgIpc) is 2.67. The van der Waals surface area contributed by atoms with Crippen LogP contribution in [0.25, 0.3) is 0 Å². The molecule has 5 nitrogen and oxygen atoms in total. The number of unbranched alkanes of at least 4 members (excludes halogenated alkanes) is 2. The fourth-order valence-electron chi connectivity index (χ4n) is 3.25. The van der Waals surface area contributed by atoms with Crippen LogP contribution < -0.4 is 9.47 Å². The van der Waals surface area contributed by atoms with Crippen LogP contribution in [0, 0.1) is 0 Å². The summed E-state index contributed by atoms with van der Waals surface area (Å²) in [6.45, 7) is 7.89. The van der Waals surface area contributed by atoms with Crippen LogP contribution in [0.2, 0.25) is 0 Å². The summed E-state index contributed by atoms with van der Waals surface area (Å²) in [5.41, 5.74) is 0. The molecule has 1 aliphatic heterocycles. The first-order valence-corrected chi connectivity index (χ1v) is 10.6. The van der Waals surface area contributed by atoms with Gasteiger partial charge >= 0.3 is 0 Å². The molecule has 0 aliphatic carbocycles. The van der Waals surface area contributed by atoms with Gasteiger partial charge in [-0.2, -0.15) is 0 Å². The quantitative estimate of drug-likeness (QED) is 0.671. The van der Waals surface area contributed by atoms with E-state index in [1.807, 2.05) is 24.3 Å². The molecule has 2 unspecified atom stereocenters. The zero-order valence-electron chi connectivity index (χ0n) is 17.7. The van der Waals surface area contributed by atoms with Crippen LogP contribution in [0.1, 0.15) is 52.4 Å². The summed E-state index contributed by atoms with van der Waals surface area (Å²) >= 11 is 0. The molecule has 2 rings (SSSR count). The monoisotopic (exact) mass is 378 g/mol. The minimum absolute atomic E-state index is 0.0225. The first kappa shape index (κ1) is 22.0. The molecule has 1 aromatic carbocycles. The predicted molar refractivity (Wildman–Crippen MR) is 110 cm³/mol. The summed E-state index contributed by atoms with van der Waals surface area (Å²) in [6, 6.07) is 8.05. The highest BCUT2D eigenvalue weighted by Gasteiger charge is 2.20. The zero-order chi connectivity index (χ0) is 19.5. The largest absolute Gasteiger partial charge is 0.475 e. The van der Waals surface area contributed by atoms with E-state index < -0.39 is 0 Å². The van der Waals surface area contributed by atoms with Gasteiger partial charge in [0.25, 0.3) is 0 Å². The molecule has 2 atom stereocenters. The molecule has 1 heterocycles. The van der Waals surface area contributed by atoms with Crippen molar-refractivity contribution in [1.29, 1.82) is 0 Å². The van der Waals surface area contributed by atoms with Crippen LogP contribution >= 0.6 is 0 Å². The summed E-state index contributed by atoms with van der Waals surface area (Å²) in [4.78, 5) is 4.57. The van der Waals surface area contributed by atoms with Gasteiger partial charge in [0, 0.05) is 32.0 Å². The molecule has 0 radical (unpaired) electrons. The van der Waals surface area contributed by atoms with Gasteiger partial charge in [-0.25, -0.2) is 0 Å². The number of hydrogen-bond acceptors (Lipinski definition) is 5. The van der Waals surface area contributed by atoms with Gasteiger partial charge in [-0.1, -0.05) is 32.8 Å². The van der Waals surface area contributed by atoms with Crippen LogP contribution in [-0.4, -0.2) is 62.7 Å². The van der Waals surface area contributed by atoms with Crippen molar-refractivity contribution < 1.29 is 14.2 Å². The van der Waals surface area contributed by atoms with Crippen molar-refractivity contribution in [2.24, 2.45) is 0 Å². The van der Waals surface area contributed by atoms with Gasteiger partial charge in [0.05, 0.1) is 13.2 Å². The molecule has 27 heavy (non-hydrogen) atoms. The van der Waals surface area contributed by atoms with E-state index in [1.165, 1.54) is 25.7 Å². The molecular formula is C22H38N2O3. The summed E-state index contributed by atoms with van der Waals surface area (Å²) in [5.74, 6) is 1.72. The highest BCUT2D eigenvalue weighted by Crippen LogP contribution is 2.24. The molecule has 0 fully saturated rings. The van der Waals surface area contributed by atoms with Gasteiger partial charge in [-0.3, -0.25) is 9.80 Å². The lowest BCUT2D eigenvalue weighted by Gasteiger charge is -2.31. The first-order chi connectivity index (χ1) is 13.1. The third-order valence-corrected chi connectivity index (χ3v) is 5.08. The molecule has 1 aromatic rings. The Balaban J connectivity index is 2.10. The van der Waals surface area contributed by atoms with E-state index in [4.69, 9.17) is 14.2 Å². The van der Waals surface area contributed by atoms with Crippen LogP contribution in [0.3, 0.4) is 0 Å². The lowest BCUT2D eigenvalue weighted by Crippen LogP contribution is -2.39. The Labute approximate surface area is 165 Å². The average molecular weight is 379 g/mol. The van der Waals surface area contributed by atoms with Gasteiger partial charge in [0.1, 0.15) is 11.5 Å². The maximum atomic E-state index is 6.30. The van der Waals surface area contributed by atoms with Crippen molar-refractivity contribution >= 4 is 0 Å². The van der Waals surface area contributed by atoms with Crippen molar-refractivity contribution in [3.05, 3.63) is 24.3 Å². The first-order valence-electron chi connectivity index (χ1n) is 10.6. The second-order valence-electron chi connectivity index (χ2n) is 7.48. The zero-order valence-corrected chi connectivity index (χ0v) is 17.7. The maximum absolute atomic E-state index is 6.30. The molecule has 0 saturated carbocycles. The number of rotatable bonds is 8. The van der Waals surface area contributed by atoms with Crippen LogP contribution in [0.5, 0.6) is 11.5 Å². The third kappa shape index (κ3) is 7.68. The predicted octanol–water partition coefficient (Wildman–Crippen LogP) is 4.37. The molecular weight excluding hydrogens is 340 g/mol. The Bertz CT molecular complexity index is 485. The van der Waals surface area contributed by atoms with Crippen molar-refractivity contribution in [1.82, 2.24) is 9.80 Å². The fraction of sp³-hybridized carbons (Fsp3) is 0.727. The van der Waals surface area contributed by atoms with Crippen LogP contribution in [0.4, 0.5) is 0 Å². The van der Waals surface area contributed by atoms with E-state index in [9.17, 15) is 0 Å². The van der Waals surface area contributed by atoms with E-state index in [0.29, 0.717) is 13.2 Å². The number of nitrogens with zero attached hydrogens (tertiary/aromatic N) is 2. The second-order valence-corrected chi connectivity index (χ2v) is 7.48. The highest BCUT2D eigenvalue weighted by molar-refractivity contribution is 5.33. The lowest BCUT2D eigenvalue weighted by atomic mass is 10.2. The van der Waals surface area contributed by atoms with Crippen molar-refractivity contribution in [3.63, 3.8) is 0 Å². The Hall–Kier alpha value is -1.30. The van der Waals surface area contributed by atoms with E-state index in [0.717, 1.165) is 37.4 Å². The standard InChI is InChI=1S/C22H38N2O3/c1-5-7-14-23(3)21-12-16-25-17-13-22(24(4)15-8-6-2)27-20-11-9-10-19(18-20)26-21/h9-11,18,21-22H,5-8,12-17H2,1-4H3. The SMILES string of the molecule is CCCCN(C)C1CCOCCC(N(C)CCCC)Oc2cccc(c2)O1. The molecule has 0 N–H and O–H groups in total. The van der Waals surface area contributed by atoms with Gasteiger partial charge in [-0.05, 0) is 39.1 Å². The van der Waals surface area contributed by atoms with Crippen molar-refractivity contribution in [3.8, 4) is 11.5 Å². The van der Waals surface area contributed by atoms with E-state index in [1.54, 1.807) is 0 Å². The summed E-state index contributed by atoms with van der Waals surface area (Å²) in [5, 5.41) is 0. The molecule has 0 saturated heterocycles. The maximum Gasteiger partial charge on any atom is 0.154 e. The molecule has 0 spiro atoms. The summed E-state index contributed by atoms with van der Waals surface area (Å²) in [6.07, 6.45) is 6.48. The number of fused-ring (bicyclic) bond motifs is 2. The van der Waals surface area contributed by atoms with Crippen molar-refractivity contribution in [2.45, 2.75) is 64.8 Å². The molecule has 0 amide bonds. The van der Waals surface area contributed by atoms with E-state index in [-0.39, 0.29) is 12.5 Å². The third-order valence-electron chi connectivity index (χ3n) is 5.08. The minimum Gasteiger partial charge on any atom is -0.475 e. The summed E-state index contributed by atoms with van der Waals surface area (Å²) < 4.78 is 18.5.